The van der Waals surface area contributed by atoms with E-state index in [1.165, 1.54) is 6.92 Å². The van der Waals surface area contributed by atoms with Gasteiger partial charge in [-0.2, -0.15) is 0 Å². The highest BCUT2D eigenvalue weighted by molar-refractivity contribution is 6.05. The molecule has 0 bridgehead atoms. The van der Waals surface area contributed by atoms with Gasteiger partial charge < -0.3 is 20.7 Å². The molecular formula is C21H25N3O4. The molecule has 7 heteroatoms. The molecule has 0 unspecified atom stereocenters. The zero-order valence-corrected chi connectivity index (χ0v) is 16.4. The highest BCUT2D eigenvalue weighted by atomic mass is 16.5. The normalized spacial score (nSPS) is 11.5. The molecule has 0 fully saturated rings. The minimum absolute atomic E-state index is 0.0570. The molecule has 2 aromatic rings. The topological polar surface area (TPSA) is 96.5 Å². The van der Waals surface area contributed by atoms with Gasteiger partial charge in [-0.15, -0.1) is 0 Å². The van der Waals surface area contributed by atoms with E-state index in [-0.39, 0.29) is 23.6 Å². The lowest BCUT2D eigenvalue weighted by molar-refractivity contribution is -0.126. The molecule has 148 valence electrons. The molecule has 7 nitrogen and oxygen atoms in total. The van der Waals surface area contributed by atoms with Crippen molar-refractivity contribution in [2.24, 2.45) is 5.92 Å². The molecule has 0 saturated heterocycles. The Labute approximate surface area is 164 Å². The number of amides is 3. The van der Waals surface area contributed by atoms with Gasteiger partial charge >= 0.3 is 0 Å². The monoisotopic (exact) mass is 383 g/mol. The SMILES string of the molecule is COc1ccc(NC(=O)c2ccc(NC(=O)[C@@H](NC(C)=O)C(C)C)cc2)cc1. The highest BCUT2D eigenvalue weighted by Crippen LogP contribution is 2.17. The Morgan fingerprint density at radius 1 is 0.857 bits per heavy atom. The first-order valence-corrected chi connectivity index (χ1v) is 8.93. The van der Waals surface area contributed by atoms with Crippen molar-refractivity contribution in [3.63, 3.8) is 0 Å². The lowest BCUT2D eigenvalue weighted by atomic mass is 10.0. The second-order valence-corrected chi connectivity index (χ2v) is 6.67. The fourth-order valence-electron chi connectivity index (χ4n) is 2.56. The van der Waals surface area contributed by atoms with E-state index in [0.29, 0.717) is 22.7 Å². The van der Waals surface area contributed by atoms with E-state index >= 15 is 0 Å². The lowest BCUT2D eigenvalue weighted by Crippen LogP contribution is -2.46. The molecule has 0 aliphatic rings. The largest absolute Gasteiger partial charge is 0.497 e. The first-order valence-electron chi connectivity index (χ1n) is 8.93. The molecular weight excluding hydrogens is 358 g/mol. The molecule has 2 aromatic carbocycles. The summed E-state index contributed by atoms with van der Waals surface area (Å²) in [7, 11) is 1.58. The fourth-order valence-corrected chi connectivity index (χ4v) is 2.56. The van der Waals surface area contributed by atoms with Crippen molar-refractivity contribution in [1.82, 2.24) is 5.32 Å². The van der Waals surface area contributed by atoms with Crippen LogP contribution in [0.5, 0.6) is 5.75 Å². The summed E-state index contributed by atoms with van der Waals surface area (Å²) in [5.74, 6) is -0.183. The number of benzene rings is 2. The van der Waals surface area contributed by atoms with Crippen molar-refractivity contribution >= 4 is 29.1 Å². The number of hydrogen-bond donors (Lipinski definition) is 3. The van der Waals surface area contributed by atoms with Crippen LogP contribution in [-0.4, -0.2) is 30.9 Å². The van der Waals surface area contributed by atoms with Crippen LogP contribution in [0, 0.1) is 5.92 Å². The predicted molar refractivity (Wildman–Crippen MR) is 108 cm³/mol. The van der Waals surface area contributed by atoms with E-state index in [4.69, 9.17) is 4.74 Å². The molecule has 3 N–H and O–H groups in total. The Hall–Kier alpha value is -3.35. The quantitative estimate of drug-likeness (QED) is 0.685. The van der Waals surface area contributed by atoms with Gasteiger partial charge in [-0.05, 0) is 54.4 Å². The average molecular weight is 383 g/mol. The minimum atomic E-state index is -0.629. The first-order chi connectivity index (χ1) is 13.3. The van der Waals surface area contributed by atoms with E-state index in [2.05, 4.69) is 16.0 Å². The maximum Gasteiger partial charge on any atom is 0.255 e. The summed E-state index contributed by atoms with van der Waals surface area (Å²) < 4.78 is 5.09. The van der Waals surface area contributed by atoms with E-state index in [1.54, 1.807) is 55.6 Å². The van der Waals surface area contributed by atoms with Crippen molar-refractivity contribution in [1.29, 1.82) is 0 Å². The van der Waals surface area contributed by atoms with Gasteiger partial charge in [-0.1, -0.05) is 13.8 Å². The third-order valence-corrected chi connectivity index (χ3v) is 4.07. The van der Waals surface area contributed by atoms with Crippen LogP contribution in [0.2, 0.25) is 0 Å². The van der Waals surface area contributed by atoms with Gasteiger partial charge in [0.25, 0.3) is 5.91 Å². The molecule has 1 atom stereocenters. The van der Waals surface area contributed by atoms with E-state index < -0.39 is 6.04 Å². The molecule has 0 radical (unpaired) electrons. The number of rotatable bonds is 7. The summed E-state index contributed by atoms with van der Waals surface area (Å²) in [6, 6.07) is 12.9. The minimum Gasteiger partial charge on any atom is -0.497 e. The number of methoxy groups -OCH3 is 1. The maximum atomic E-state index is 12.4. The molecule has 0 aliphatic heterocycles. The van der Waals surface area contributed by atoms with Crippen LogP contribution < -0.4 is 20.7 Å². The standard InChI is InChI=1S/C21H25N3O4/c1-13(2)19(22-14(3)25)21(27)24-16-7-5-15(6-8-16)20(26)23-17-9-11-18(28-4)12-10-17/h5-13,19H,1-4H3,(H,22,25)(H,23,26)(H,24,27)/t19-/m0/s1. The molecule has 0 aromatic heterocycles. The van der Waals surface area contributed by atoms with Crippen molar-refractivity contribution in [2.75, 3.05) is 17.7 Å². The van der Waals surface area contributed by atoms with Crippen molar-refractivity contribution in [3.8, 4) is 5.75 Å². The van der Waals surface area contributed by atoms with Gasteiger partial charge in [0, 0.05) is 23.9 Å². The number of carbonyl (C=O) groups excluding carboxylic acids is 3. The zero-order valence-electron chi connectivity index (χ0n) is 16.4. The van der Waals surface area contributed by atoms with Crippen molar-refractivity contribution in [3.05, 3.63) is 54.1 Å². The molecule has 28 heavy (non-hydrogen) atoms. The Balaban J connectivity index is 2.00. The van der Waals surface area contributed by atoms with Gasteiger partial charge in [0.1, 0.15) is 11.8 Å². The van der Waals surface area contributed by atoms with Crippen LogP contribution >= 0.6 is 0 Å². The number of carbonyl (C=O) groups is 3. The maximum absolute atomic E-state index is 12.4. The Morgan fingerprint density at radius 2 is 1.39 bits per heavy atom. The van der Waals surface area contributed by atoms with Crippen LogP contribution in [0.1, 0.15) is 31.1 Å². The van der Waals surface area contributed by atoms with Crippen molar-refractivity contribution in [2.45, 2.75) is 26.8 Å². The third kappa shape index (κ3) is 5.84. The van der Waals surface area contributed by atoms with Crippen molar-refractivity contribution < 1.29 is 19.1 Å². The Kier molecular flexibility index (Phi) is 7.14. The molecule has 0 saturated carbocycles. The van der Waals surface area contributed by atoms with Gasteiger partial charge in [0.05, 0.1) is 7.11 Å². The van der Waals surface area contributed by atoms with Crippen LogP contribution in [0.25, 0.3) is 0 Å². The summed E-state index contributed by atoms with van der Waals surface area (Å²) in [5.41, 5.74) is 1.65. The fraction of sp³-hybridized carbons (Fsp3) is 0.286. The highest BCUT2D eigenvalue weighted by Gasteiger charge is 2.23. The number of nitrogens with one attached hydrogen (secondary N) is 3. The number of hydrogen-bond acceptors (Lipinski definition) is 4. The predicted octanol–water partition coefficient (Wildman–Crippen LogP) is 3.05. The lowest BCUT2D eigenvalue weighted by Gasteiger charge is -2.21. The Morgan fingerprint density at radius 3 is 1.89 bits per heavy atom. The average Bonchev–Trinajstić information content (AvgIpc) is 2.66. The second-order valence-electron chi connectivity index (χ2n) is 6.67. The third-order valence-electron chi connectivity index (χ3n) is 4.07. The summed E-state index contributed by atoms with van der Waals surface area (Å²) in [6.07, 6.45) is 0. The molecule has 3 amide bonds. The molecule has 2 rings (SSSR count). The van der Waals surface area contributed by atoms with Crippen LogP contribution in [0.4, 0.5) is 11.4 Å². The molecule has 0 heterocycles. The number of ether oxygens (including phenoxy) is 1. The van der Waals surface area contributed by atoms with Crippen LogP contribution in [0.15, 0.2) is 48.5 Å². The smallest absolute Gasteiger partial charge is 0.255 e. The van der Waals surface area contributed by atoms with Gasteiger partial charge in [-0.3, -0.25) is 14.4 Å². The molecule has 0 spiro atoms. The van der Waals surface area contributed by atoms with Crippen LogP contribution in [-0.2, 0) is 9.59 Å². The van der Waals surface area contributed by atoms with E-state index in [0.717, 1.165) is 0 Å². The van der Waals surface area contributed by atoms with Gasteiger partial charge in [-0.25, -0.2) is 0 Å². The number of anilines is 2. The van der Waals surface area contributed by atoms with Gasteiger partial charge in [0.2, 0.25) is 11.8 Å². The summed E-state index contributed by atoms with van der Waals surface area (Å²) in [6.45, 7) is 5.08. The first kappa shape index (κ1) is 21.0. The second kappa shape index (κ2) is 9.55. The summed E-state index contributed by atoms with van der Waals surface area (Å²) in [5, 5.41) is 8.19. The Bertz CT molecular complexity index is 830. The van der Waals surface area contributed by atoms with E-state index in [9.17, 15) is 14.4 Å². The summed E-state index contributed by atoms with van der Waals surface area (Å²) in [4.78, 5) is 36.0. The summed E-state index contributed by atoms with van der Waals surface area (Å²) >= 11 is 0. The van der Waals surface area contributed by atoms with E-state index in [1.807, 2.05) is 13.8 Å². The zero-order chi connectivity index (χ0) is 20.7. The van der Waals surface area contributed by atoms with Crippen LogP contribution in [0.3, 0.4) is 0 Å². The molecule has 0 aliphatic carbocycles. The van der Waals surface area contributed by atoms with Gasteiger partial charge in [0.15, 0.2) is 0 Å².